The van der Waals surface area contributed by atoms with Gasteiger partial charge in [-0.2, -0.15) is 0 Å². The standard InChI is InChI=1S/C19H28N6O/c1-4-24-9-11-25(12-10-24)17-13-16(5-6-20-17)14-23-18-19(26-15(2)3)22-8-7-21-18/h5-8,13,15H,4,9-12,14H2,1-3H3,(H,21,23). The maximum absolute atomic E-state index is 5.71. The maximum Gasteiger partial charge on any atom is 0.257 e. The van der Waals surface area contributed by atoms with Gasteiger partial charge < -0.3 is 19.9 Å². The predicted octanol–water partition coefficient (Wildman–Crippen LogP) is 2.41. The van der Waals surface area contributed by atoms with Gasteiger partial charge in [0.25, 0.3) is 5.88 Å². The first-order valence-corrected chi connectivity index (χ1v) is 9.29. The second kappa shape index (κ2) is 8.80. The second-order valence-corrected chi connectivity index (χ2v) is 6.67. The summed E-state index contributed by atoms with van der Waals surface area (Å²) in [5, 5.41) is 3.33. The molecule has 0 aliphatic carbocycles. The first-order valence-electron chi connectivity index (χ1n) is 9.29. The molecule has 3 rings (SSSR count). The van der Waals surface area contributed by atoms with E-state index in [4.69, 9.17) is 4.74 Å². The molecule has 3 heterocycles. The molecule has 0 unspecified atom stereocenters. The predicted molar refractivity (Wildman–Crippen MR) is 104 cm³/mol. The maximum atomic E-state index is 5.71. The Hall–Kier alpha value is -2.41. The molecule has 7 heteroatoms. The molecule has 0 saturated carbocycles. The van der Waals surface area contributed by atoms with Crippen molar-refractivity contribution in [2.45, 2.75) is 33.4 Å². The van der Waals surface area contributed by atoms with E-state index < -0.39 is 0 Å². The molecular weight excluding hydrogens is 328 g/mol. The Labute approximate surface area is 155 Å². The van der Waals surface area contributed by atoms with Crippen molar-refractivity contribution < 1.29 is 4.74 Å². The summed E-state index contributed by atoms with van der Waals surface area (Å²) in [6, 6.07) is 4.17. The third-order valence-electron chi connectivity index (χ3n) is 4.43. The van der Waals surface area contributed by atoms with Crippen LogP contribution in [0.4, 0.5) is 11.6 Å². The van der Waals surface area contributed by atoms with Crippen molar-refractivity contribution >= 4 is 11.6 Å². The fourth-order valence-corrected chi connectivity index (χ4v) is 2.98. The number of pyridine rings is 1. The number of nitrogens with one attached hydrogen (secondary N) is 1. The number of ether oxygens (including phenoxy) is 1. The molecule has 7 nitrogen and oxygen atoms in total. The fraction of sp³-hybridized carbons (Fsp3) is 0.526. The minimum absolute atomic E-state index is 0.0570. The van der Waals surface area contributed by atoms with Gasteiger partial charge in [0, 0.05) is 51.3 Å². The summed E-state index contributed by atoms with van der Waals surface area (Å²) in [5.74, 6) is 2.24. The zero-order valence-electron chi connectivity index (χ0n) is 15.9. The molecule has 0 aromatic carbocycles. The molecule has 0 radical (unpaired) electrons. The summed E-state index contributed by atoms with van der Waals surface area (Å²) in [7, 11) is 0. The van der Waals surface area contributed by atoms with E-state index in [1.807, 2.05) is 26.1 Å². The van der Waals surface area contributed by atoms with Crippen LogP contribution in [0.1, 0.15) is 26.3 Å². The Morgan fingerprint density at radius 2 is 1.85 bits per heavy atom. The molecule has 1 saturated heterocycles. The Kier molecular flexibility index (Phi) is 6.22. The average Bonchev–Trinajstić information content (AvgIpc) is 2.67. The van der Waals surface area contributed by atoms with Crippen molar-refractivity contribution in [2.24, 2.45) is 0 Å². The molecule has 0 spiro atoms. The van der Waals surface area contributed by atoms with E-state index in [2.05, 4.69) is 43.1 Å². The summed E-state index contributed by atoms with van der Waals surface area (Å²) in [6.07, 6.45) is 5.24. The molecule has 140 valence electrons. The van der Waals surface area contributed by atoms with Crippen LogP contribution in [-0.4, -0.2) is 58.7 Å². The summed E-state index contributed by atoms with van der Waals surface area (Å²) >= 11 is 0. The molecule has 0 atom stereocenters. The number of piperazine rings is 1. The van der Waals surface area contributed by atoms with E-state index in [0.717, 1.165) is 44.1 Å². The highest BCUT2D eigenvalue weighted by molar-refractivity contribution is 5.47. The lowest BCUT2D eigenvalue weighted by Crippen LogP contribution is -2.46. The molecule has 2 aromatic heterocycles. The van der Waals surface area contributed by atoms with Gasteiger partial charge in [-0.25, -0.2) is 15.0 Å². The van der Waals surface area contributed by atoms with E-state index >= 15 is 0 Å². The first-order chi connectivity index (χ1) is 12.7. The highest BCUT2D eigenvalue weighted by atomic mass is 16.5. The number of hydrogen-bond acceptors (Lipinski definition) is 7. The topological polar surface area (TPSA) is 66.4 Å². The first kappa shape index (κ1) is 18.4. The van der Waals surface area contributed by atoms with Gasteiger partial charge in [-0.05, 0) is 38.1 Å². The number of nitrogens with zero attached hydrogens (tertiary/aromatic N) is 5. The van der Waals surface area contributed by atoms with E-state index in [1.54, 1.807) is 12.4 Å². The van der Waals surface area contributed by atoms with Gasteiger partial charge in [0.2, 0.25) is 0 Å². The minimum Gasteiger partial charge on any atom is -0.472 e. The summed E-state index contributed by atoms with van der Waals surface area (Å²) in [5.41, 5.74) is 1.16. The van der Waals surface area contributed by atoms with Gasteiger partial charge in [0.05, 0.1) is 6.10 Å². The molecule has 1 fully saturated rings. The monoisotopic (exact) mass is 356 g/mol. The number of aromatic nitrogens is 3. The zero-order valence-corrected chi connectivity index (χ0v) is 15.9. The quantitative estimate of drug-likeness (QED) is 0.817. The van der Waals surface area contributed by atoms with Crippen LogP contribution in [0.3, 0.4) is 0 Å². The van der Waals surface area contributed by atoms with E-state index in [0.29, 0.717) is 18.2 Å². The van der Waals surface area contributed by atoms with Gasteiger partial charge in [0.1, 0.15) is 5.82 Å². The number of anilines is 2. The van der Waals surface area contributed by atoms with Gasteiger partial charge >= 0.3 is 0 Å². The normalized spacial score (nSPS) is 15.3. The third-order valence-corrected chi connectivity index (χ3v) is 4.43. The lowest BCUT2D eigenvalue weighted by atomic mass is 10.2. The van der Waals surface area contributed by atoms with Crippen LogP contribution in [0.25, 0.3) is 0 Å². The largest absolute Gasteiger partial charge is 0.472 e. The van der Waals surface area contributed by atoms with Crippen LogP contribution in [0.5, 0.6) is 5.88 Å². The smallest absolute Gasteiger partial charge is 0.257 e. The highest BCUT2D eigenvalue weighted by Crippen LogP contribution is 2.21. The van der Waals surface area contributed by atoms with Crippen molar-refractivity contribution in [1.82, 2.24) is 19.9 Å². The molecular formula is C19H28N6O. The van der Waals surface area contributed by atoms with Crippen LogP contribution in [-0.2, 0) is 6.54 Å². The summed E-state index contributed by atoms with van der Waals surface area (Å²) in [6.45, 7) is 12.2. The van der Waals surface area contributed by atoms with Crippen LogP contribution in [0.15, 0.2) is 30.7 Å². The molecule has 2 aromatic rings. The van der Waals surface area contributed by atoms with Crippen LogP contribution in [0, 0.1) is 0 Å². The van der Waals surface area contributed by atoms with Crippen LogP contribution < -0.4 is 15.0 Å². The minimum atomic E-state index is 0.0570. The zero-order chi connectivity index (χ0) is 18.4. The van der Waals surface area contributed by atoms with Gasteiger partial charge in [-0.3, -0.25) is 0 Å². The summed E-state index contributed by atoms with van der Waals surface area (Å²) in [4.78, 5) is 18.0. The van der Waals surface area contributed by atoms with Crippen molar-refractivity contribution in [1.29, 1.82) is 0 Å². The SMILES string of the molecule is CCN1CCN(c2cc(CNc3nccnc3OC(C)C)ccn2)CC1. The molecule has 1 aliphatic rings. The van der Waals surface area contributed by atoms with E-state index in [9.17, 15) is 0 Å². The third kappa shape index (κ3) is 4.82. The number of likely N-dealkylation sites (N-methyl/N-ethyl adjacent to an activating group) is 1. The molecule has 26 heavy (non-hydrogen) atoms. The Balaban J connectivity index is 1.63. The van der Waals surface area contributed by atoms with Gasteiger partial charge in [-0.15, -0.1) is 0 Å². The highest BCUT2D eigenvalue weighted by Gasteiger charge is 2.17. The van der Waals surface area contributed by atoms with E-state index in [1.165, 1.54) is 0 Å². The second-order valence-electron chi connectivity index (χ2n) is 6.67. The van der Waals surface area contributed by atoms with Crippen molar-refractivity contribution in [3.05, 3.63) is 36.3 Å². The lowest BCUT2D eigenvalue weighted by molar-refractivity contribution is 0.233. The fourth-order valence-electron chi connectivity index (χ4n) is 2.98. The van der Waals surface area contributed by atoms with Crippen LogP contribution in [0.2, 0.25) is 0 Å². The molecule has 1 aliphatic heterocycles. The van der Waals surface area contributed by atoms with E-state index in [-0.39, 0.29) is 6.10 Å². The van der Waals surface area contributed by atoms with Gasteiger partial charge in [-0.1, -0.05) is 6.92 Å². The van der Waals surface area contributed by atoms with Crippen LogP contribution >= 0.6 is 0 Å². The Morgan fingerprint density at radius 3 is 2.58 bits per heavy atom. The Morgan fingerprint density at radius 1 is 1.08 bits per heavy atom. The molecule has 0 bridgehead atoms. The molecule has 1 N–H and O–H groups in total. The summed E-state index contributed by atoms with van der Waals surface area (Å²) < 4.78 is 5.71. The van der Waals surface area contributed by atoms with Crippen molar-refractivity contribution in [2.75, 3.05) is 42.9 Å². The Bertz CT molecular complexity index is 700. The van der Waals surface area contributed by atoms with Gasteiger partial charge in [0.15, 0.2) is 5.82 Å². The average molecular weight is 356 g/mol. The number of rotatable bonds is 7. The van der Waals surface area contributed by atoms with Crippen molar-refractivity contribution in [3.8, 4) is 5.88 Å². The number of hydrogen-bond donors (Lipinski definition) is 1. The lowest BCUT2D eigenvalue weighted by Gasteiger charge is -2.34. The molecule has 0 amide bonds. The van der Waals surface area contributed by atoms with Crippen molar-refractivity contribution in [3.63, 3.8) is 0 Å².